The van der Waals surface area contributed by atoms with E-state index in [0.717, 1.165) is 0 Å². The summed E-state index contributed by atoms with van der Waals surface area (Å²) in [5.74, 6) is 0. The third-order valence-corrected chi connectivity index (χ3v) is 0. The van der Waals surface area contributed by atoms with Crippen LogP contribution < -0.4 is 5.14 Å². The van der Waals surface area contributed by atoms with E-state index >= 15 is 0 Å². The van der Waals surface area contributed by atoms with Crippen LogP contribution >= 0.6 is 0 Å². The Hall–Kier alpha value is 0.792. The van der Waals surface area contributed by atoms with Crippen molar-refractivity contribution >= 4 is 10.3 Å². The van der Waals surface area contributed by atoms with Gasteiger partial charge in [-0.05, 0) is 0 Å². The normalized spacial score (nSPS) is 9.67. The predicted molar refractivity (Wildman–Crippen MR) is 15.7 cm³/mol. The van der Waals surface area contributed by atoms with Crippen LogP contribution in [0.5, 0.6) is 0 Å². The molecule has 0 radical (unpaired) electrons. The summed E-state index contributed by atoms with van der Waals surface area (Å²) in [5, 5.41) is 3.88. The van der Waals surface area contributed by atoms with Gasteiger partial charge in [0.05, 0.1) is 0 Å². The molecule has 3 N–H and O–H groups in total. The van der Waals surface area contributed by atoms with Crippen molar-refractivity contribution in [3.63, 3.8) is 0 Å². The Bertz CT molecular complexity index is 94.0. The molecule has 0 aliphatic rings. The van der Waals surface area contributed by atoms with Crippen molar-refractivity contribution < 1.29 is 40.3 Å². The van der Waals surface area contributed by atoms with Gasteiger partial charge in [0.1, 0.15) is 0 Å². The van der Waals surface area contributed by atoms with Crippen LogP contribution in [0.25, 0.3) is 0 Å². The Balaban J connectivity index is 0. The summed E-state index contributed by atoms with van der Waals surface area (Å²) in [6, 6.07) is 0. The van der Waals surface area contributed by atoms with Gasteiger partial charge in [-0.15, -0.1) is 0 Å². The molecule has 0 aromatic rings. The molecule has 4 nitrogen and oxygen atoms in total. The van der Waals surface area contributed by atoms with Crippen LogP contribution in [0.1, 0.15) is 0 Å². The maximum Gasteiger partial charge on any atom is 0.330 e. The zero-order valence-electron chi connectivity index (χ0n) is 2.96. The van der Waals surface area contributed by atoms with E-state index in [-0.39, 0.29) is 27.3 Å². The van der Waals surface area contributed by atoms with Crippen molar-refractivity contribution in [1.29, 1.82) is 0 Å². The van der Waals surface area contributed by atoms with Gasteiger partial charge < -0.3 is 0 Å². The van der Waals surface area contributed by atoms with Crippen molar-refractivity contribution in [2.24, 2.45) is 5.14 Å². The minimum absolute atomic E-state index is 0. The number of rotatable bonds is 0. The van der Waals surface area contributed by atoms with E-state index in [1.54, 1.807) is 0 Å². The average Bonchev–Trinajstić information content (AvgIpc) is 0.722. The Morgan fingerprint density at radius 3 is 1.50 bits per heavy atom. The van der Waals surface area contributed by atoms with Gasteiger partial charge in [0.2, 0.25) is 0 Å². The summed E-state index contributed by atoms with van der Waals surface area (Å²) in [7, 11) is -4.17. The second-order valence-electron chi connectivity index (χ2n) is 0.515. The van der Waals surface area contributed by atoms with Crippen LogP contribution in [0, 0.1) is 0 Å². The molecule has 0 heterocycles. The molecule has 6 heavy (non-hydrogen) atoms. The molecule has 0 aliphatic carbocycles. The van der Waals surface area contributed by atoms with E-state index < -0.39 is 10.3 Å². The van der Waals surface area contributed by atoms with Crippen LogP contribution in [-0.2, 0) is 37.6 Å². The predicted octanol–water partition coefficient (Wildman–Crippen LogP) is -1.25. The van der Waals surface area contributed by atoms with Gasteiger partial charge in [-0.1, -0.05) is 0 Å². The molecule has 0 aliphatic heterocycles. The topological polar surface area (TPSA) is 80.4 Å². The zero-order valence-corrected chi connectivity index (χ0v) is 7.81. The van der Waals surface area contributed by atoms with E-state index in [1.807, 2.05) is 0 Å². The number of nitrogens with two attached hydrogens (primary N) is 1. The van der Waals surface area contributed by atoms with Crippen molar-refractivity contribution in [3.8, 4) is 0 Å². The van der Waals surface area contributed by atoms with Crippen molar-refractivity contribution in [2.75, 3.05) is 0 Å². The van der Waals surface area contributed by atoms with E-state index in [4.69, 9.17) is 13.0 Å². The van der Waals surface area contributed by atoms with Gasteiger partial charge in [0.15, 0.2) is 0 Å². The molecular weight excluding hydrogens is 206 g/mol. The summed E-state index contributed by atoms with van der Waals surface area (Å²) in [6.07, 6.45) is 0. The van der Waals surface area contributed by atoms with Crippen LogP contribution in [0.15, 0.2) is 0 Å². The van der Waals surface area contributed by atoms with Crippen molar-refractivity contribution in [2.45, 2.75) is 0 Å². The number of hydrogen-bond acceptors (Lipinski definition) is 2. The summed E-state index contributed by atoms with van der Waals surface area (Å²) in [6.45, 7) is 0. The van der Waals surface area contributed by atoms with Crippen molar-refractivity contribution in [3.05, 3.63) is 0 Å². The van der Waals surface area contributed by atoms with E-state index in [9.17, 15) is 0 Å². The number of hydrogen-bond donors (Lipinski definition) is 2. The third-order valence-electron chi connectivity index (χ3n) is 0. The molecular formula is H3CdNO3S. The summed E-state index contributed by atoms with van der Waals surface area (Å²) >= 11 is 0. The molecule has 0 spiro atoms. The molecule has 0 aromatic heterocycles. The molecule has 0 amide bonds. The first-order valence-corrected chi connectivity index (χ1v) is 2.25. The molecule has 0 saturated heterocycles. The molecule has 0 unspecified atom stereocenters. The van der Waals surface area contributed by atoms with Crippen LogP contribution in [-0.4, -0.2) is 13.0 Å². The van der Waals surface area contributed by atoms with E-state index in [2.05, 4.69) is 5.14 Å². The summed E-state index contributed by atoms with van der Waals surface area (Å²) in [4.78, 5) is 0. The minimum Gasteiger partial charge on any atom is -0.274 e. The molecule has 0 rings (SSSR count). The molecule has 6 heteroatoms. The molecule has 0 fully saturated rings. The third kappa shape index (κ3) is 110. The zero-order chi connectivity index (χ0) is 4.50. The SMILES string of the molecule is NS(=O)(=O)O.[Cd]. The molecule has 0 atom stereocenters. The fourth-order valence-electron chi connectivity index (χ4n) is 0. The van der Waals surface area contributed by atoms with Gasteiger partial charge >= 0.3 is 10.3 Å². The fraction of sp³-hybridized carbons (Fsp3) is 0. The Morgan fingerprint density at radius 1 is 1.50 bits per heavy atom. The summed E-state index contributed by atoms with van der Waals surface area (Å²) < 4.78 is 25.2. The maximum absolute atomic E-state index is 8.97. The Labute approximate surface area is 55.8 Å². The van der Waals surface area contributed by atoms with E-state index in [0.29, 0.717) is 0 Å². The molecule has 34 valence electrons. The van der Waals surface area contributed by atoms with Gasteiger partial charge in [0, 0.05) is 27.3 Å². The second kappa shape index (κ2) is 2.88. The Morgan fingerprint density at radius 2 is 1.50 bits per heavy atom. The average molecular weight is 210 g/mol. The van der Waals surface area contributed by atoms with E-state index in [1.165, 1.54) is 0 Å². The van der Waals surface area contributed by atoms with Crippen molar-refractivity contribution in [1.82, 2.24) is 0 Å². The smallest absolute Gasteiger partial charge is 0.274 e. The van der Waals surface area contributed by atoms with Crippen LogP contribution in [0.3, 0.4) is 0 Å². The minimum atomic E-state index is -4.17. The molecule has 0 aromatic carbocycles. The second-order valence-corrected chi connectivity index (χ2v) is 1.54. The maximum atomic E-state index is 8.97. The van der Waals surface area contributed by atoms with Gasteiger partial charge in [-0.25, -0.2) is 5.14 Å². The van der Waals surface area contributed by atoms with Crippen LogP contribution in [0.2, 0.25) is 0 Å². The summed E-state index contributed by atoms with van der Waals surface area (Å²) in [5.41, 5.74) is 0. The standard InChI is InChI=1S/Cd.H3NO3S/c;1-5(2,3)4/h;(H3,1,2,3,4). The molecule has 0 bridgehead atoms. The van der Waals surface area contributed by atoms with Gasteiger partial charge in [-0.3, -0.25) is 4.55 Å². The van der Waals surface area contributed by atoms with Gasteiger partial charge in [-0.2, -0.15) is 8.42 Å². The first kappa shape index (κ1) is 9.92. The molecule has 0 saturated carbocycles. The quantitative estimate of drug-likeness (QED) is 0.386. The monoisotopic (exact) mass is 211 g/mol. The van der Waals surface area contributed by atoms with Gasteiger partial charge in [0.25, 0.3) is 0 Å². The Kier molecular flexibility index (Phi) is 4.77. The first-order chi connectivity index (χ1) is 2.00. The first-order valence-electron chi connectivity index (χ1n) is 0.752. The fourth-order valence-corrected chi connectivity index (χ4v) is 0. The van der Waals surface area contributed by atoms with Crippen LogP contribution in [0.4, 0.5) is 0 Å². The largest absolute Gasteiger partial charge is 0.330 e.